The van der Waals surface area contributed by atoms with Gasteiger partial charge in [-0.3, -0.25) is 44.1 Å². The molecular formula is C44H45N7O7. The predicted octanol–water partition coefficient (Wildman–Crippen LogP) is 4.61. The maximum Gasteiger partial charge on any atom is 0.262 e. The maximum absolute atomic E-state index is 13.3. The summed E-state index contributed by atoms with van der Waals surface area (Å²) in [4.78, 5) is 73.3. The van der Waals surface area contributed by atoms with Crippen molar-refractivity contribution in [1.29, 1.82) is 5.26 Å². The molecule has 4 aliphatic rings. The Morgan fingerprint density at radius 3 is 2.41 bits per heavy atom. The molecule has 14 nitrogen and oxygen atoms in total. The van der Waals surface area contributed by atoms with E-state index in [1.165, 1.54) is 0 Å². The van der Waals surface area contributed by atoms with E-state index in [4.69, 9.17) is 9.47 Å². The van der Waals surface area contributed by atoms with Crippen LogP contribution in [0.3, 0.4) is 0 Å². The van der Waals surface area contributed by atoms with Crippen LogP contribution in [0.25, 0.3) is 10.9 Å². The summed E-state index contributed by atoms with van der Waals surface area (Å²) in [6.07, 6.45) is 7.04. The molecule has 0 spiro atoms. The quantitative estimate of drug-likeness (QED) is 0.152. The van der Waals surface area contributed by atoms with Gasteiger partial charge in [-0.05, 0) is 118 Å². The molecule has 3 aliphatic heterocycles. The molecule has 1 aromatic heterocycles. The lowest BCUT2D eigenvalue weighted by Gasteiger charge is -2.36. The van der Waals surface area contributed by atoms with Gasteiger partial charge in [-0.1, -0.05) is 0 Å². The van der Waals surface area contributed by atoms with Crippen molar-refractivity contribution in [3.8, 4) is 17.6 Å². The molecule has 0 bridgehead atoms. The normalized spacial score (nSPS) is 21.1. The SMILES string of the molecule is N#Cc1ccc(OC2CCC(NC(=O)c3ccc(OCCCCN4CCN(c5ccc6c(c5)C(=O)N(C5CCC(=O)NC5=O)C6=O)CC4)cc3)CC2)c2cccnc12. The topological polar surface area (TPSA) is 174 Å². The van der Waals surface area contributed by atoms with Gasteiger partial charge in [-0.2, -0.15) is 5.26 Å². The van der Waals surface area contributed by atoms with Crippen molar-refractivity contribution in [3.05, 3.63) is 95.2 Å². The van der Waals surface area contributed by atoms with E-state index in [1.807, 2.05) is 36.4 Å². The molecule has 58 heavy (non-hydrogen) atoms. The molecule has 4 aromatic rings. The number of amides is 5. The lowest BCUT2D eigenvalue weighted by Crippen LogP contribution is -2.54. The van der Waals surface area contributed by atoms with Gasteiger partial charge in [0.25, 0.3) is 17.7 Å². The Morgan fingerprint density at radius 2 is 1.66 bits per heavy atom. The average Bonchev–Trinajstić information content (AvgIpc) is 3.49. The van der Waals surface area contributed by atoms with Crippen molar-refractivity contribution in [2.75, 3.05) is 44.2 Å². The molecule has 2 N–H and O–H groups in total. The number of benzene rings is 3. The van der Waals surface area contributed by atoms with Crippen LogP contribution < -0.4 is 25.0 Å². The van der Waals surface area contributed by atoms with Crippen molar-refractivity contribution < 1.29 is 33.4 Å². The maximum atomic E-state index is 13.3. The first kappa shape index (κ1) is 38.5. The highest BCUT2D eigenvalue weighted by molar-refractivity contribution is 6.23. The van der Waals surface area contributed by atoms with E-state index in [2.05, 4.69) is 31.5 Å². The summed E-state index contributed by atoms with van der Waals surface area (Å²) in [5, 5.41) is 15.7. The van der Waals surface area contributed by atoms with Crippen molar-refractivity contribution >= 4 is 46.1 Å². The van der Waals surface area contributed by atoms with Crippen LogP contribution in [0.1, 0.15) is 88.0 Å². The number of anilines is 1. The van der Waals surface area contributed by atoms with Crippen LogP contribution in [-0.4, -0.2) is 102 Å². The Labute approximate surface area is 336 Å². The summed E-state index contributed by atoms with van der Waals surface area (Å²) in [5.41, 5.74) is 3.20. The first-order valence-electron chi connectivity index (χ1n) is 20.1. The standard InChI is InChI=1S/C44H45N7O7/c45-27-29-7-17-38(35-4-3-19-46-40(29)35)58-33-13-8-30(9-14-33)47-41(53)28-5-11-32(12-6-28)57-25-2-1-20-49-21-23-50(24-22-49)31-10-15-34-36(26-31)44(56)51(43(34)55)37-16-18-39(52)48-42(37)54/h3-7,10-12,15,17,19,26,30,33,37H,1-2,8-9,13-14,16,18,20-25H2,(H,47,53)(H,48,52,54). The van der Waals surface area contributed by atoms with E-state index in [0.29, 0.717) is 28.8 Å². The summed E-state index contributed by atoms with van der Waals surface area (Å²) in [6.45, 7) is 4.79. The van der Waals surface area contributed by atoms with Gasteiger partial charge in [0.15, 0.2) is 0 Å². The van der Waals surface area contributed by atoms with E-state index in [1.54, 1.807) is 36.5 Å². The number of fused-ring (bicyclic) bond motifs is 2. The van der Waals surface area contributed by atoms with E-state index < -0.39 is 29.7 Å². The predicted molar refractivity (Wildman–Crippen MR) is 214 cm³/mol. The van der Waals surface area contributed by atoms with Crippen molar-refractivity contribution in [3.63, 3.8) is 0 Å². The molecule has 5 amide bonds. The first-order valence-corrected chi connectivity index (χ1v) is 20.1. The van der Waals surface area contributed by atoms with Gasteiger partial charge in [0.1, 0.15) is 23.6 Å². The number of piperazine rings is 1. The van der Waals surface area contributed by atoms with Crippen LogP contribution in [-0.2, 0) is 9.59 Å². The van der Waals surface area contributed by atoms with Crippen molar-refractivity contribution in [2.24, 2.45) is 0 Å². The summed E-state index contributed by atoms with van der Waals surface area (Å²) in [7, 11) is 0. The minimum absolute atomic E-state index is 0.0281. The fourth-order valence-electron chi connectivity index (χ4n) is 8.33. The summed E-state index contributed by atoms with van der Waals surface area (Å²) in [5.74, 6) is -0.653. The highest BCUT2D eigenvalue weighted by Crippen LogP contribution is 2.33. The fourth-order valence-corrected chi connectivity index (χ4v) is 8.33. The molecule has 1 aliphatic carbocycles. The van der Waals surface area contributed by atoms with Gasteiger partial charge in [0.2, 0.25) is 11.8 Å². The second kappa shape index (κ2) is 17.0. The molecule has 3 fully saturated rings. The number of carbonyl (C=O) groups is 5. The van der Waals surface area contributed by atoms with Crippen molar-refractivity contribution in [1.82, 2.24) is 25.4 Å². The molecular weight excluding hydrogens is 739 g/mol. The number of nitrogens with zero attached hydrogens (tertiary/aromatic N) is 5. The molecule has 3 aromatic carbocycles. The smallest absolute Gasteiger partial charge is 0.262 e. The van der Waals surface area contributed by atoms with E-state index in [-0.39, 0.29) is 36.5 Å². The number of nitrogens with one attached hydrogen (secondary N) is 2. The highest BCUT2D eigenvalue weighted by Gasteiger charge is 2.44. The Hall–Kier alpha value is -6.33. The lowest BCUT2D eigenvalue weighted by atomic mass is 9.92. The number of imide groups is 2. The molecule has 1 unspecified atom stereocenters. The third-order valence-electron chi connectivity index (χ3n) is 11.6. The number of hydrogen-bond donors (Lipinski definition) is 2. The van der Waals surface area contributed by atoms with Gasteiger partial charge in [-0.25, -0.2) is 0 Å². The number of carbonyl (C=O) groups excluding carboxylic acids is 5. The van der Waals surface area contributed by atoms with Gasteiger partial charge >= 0.3 is 0 Å². The minimum Gasteiger partial charge on any atom is -0.494 e. The molecule has 1 saturated carbocycles. The molecule has 4 heterocycles. The lowest BCUT2D eigenvalue weighted by molar-refractivity contribution is -0.136. The Kier molecular flexibility index (Phi) is 11.3. The molecule has 298 valence electrons. The number of aromatic nitrogens is 1. The summed E-state index contributed by atoms with van der Waals surface area (Å²) in [6, 6.07) is 21.2. The van der Waals surface area contributed by atoms with E-state index in [0.717, 1.165) is 98.7 Å². The van der Waals surface area contributed by atoms with Gasteiger partial charge < -0.3 is 19.7 Å². The van der Waals surface area contributed by atoms with Crippen molar-refractivity contribution in [2.45, 2.75) is 69.6 Å². The number of nitriles is 1. The number of hydrogen-bond acceptors (Lipinski definition) is 11. The zero-order chi connectivity index (χ0) is 40.2. The molecule has 1 atom stereocenters. The first-order chi connectivity index (χ1) is 28.2. The number of unbranched alkanes of at least 4 members (excludes halogenated alkanes) is 1. The van der Waals surface area contributed by atoms with Gasteiger partial charge in [-0.15, -0.1) is 0 Å². The largest absolute Gasteiger partial charge is 0.494 e. The van der Waals surface area contributed by atoms with E-state index >= 15 is 0 Å². The van der Waals surface area contributed by atoms with Crippen LogP contribution in [0.2, 0.25) is 0 Å². The zero-order valence-electron chi connectivity index (χ0n) is 32.2. The monoisotopic (exact) mass is 783 g/mol. The molecule has 2 saturated heterocycles. The molecule has 8 rings (SSSR count). The molecule has 14 heteroatoms. The van der Waals surface area contributed by atoms with Gasteiger partial charge in [0.05, 0.1) is 34.9 Å². The second-order valence-electron chi connectivity index (χ2n) is 15.3. The summed E-state index contributed by atoms with van der Waals surface area (Å²) < 4.78 is 12.3. The van der Waals surface area contributed by atoms with Crippen LogP contribution >= 0.6 is 0 Å². The number of ether oxygens (including phenoxy) is 2. The van der Waals surface area contributed by atoms with Crippen LogP contribution in [0, 0.1) is 11.3 Å². The third-order valence-corrected chi connectivity index (χ3v) is 11.6. The van der Waals surface area contributed by atoms with Crippen LogP contribution in [0.4, 0.5) is 5.69 Å². The van der Waals surface area contributed by atoms with Crippen LogP contribution in [0.5, 0.6) is 11.5 Å². The number of rotatable bonds is 12. The minimum atomic E-state index is -0.977. The third kappa shape index (κ3) is 8.22. The average molecular weight is 784 g/mol. The number of piperidine rings is 1. The Morgan fingerprint density at radius 1 is 0.879 bits per heavy atom. The van der Waals surface area contributed by atoms with Gasteiger partial charge in [0, 0.05) is 61.5 Å². The second-order valence-corrected chi connectivity index (χ2v) is 15.3. The number of pyridine rings is 1. The Balaban J connectivity index is 0.720. The fraction of sp³-hybridized carbons (Fsp3) is 0.386. The zero-order valence-corrected chi connectivity index (χ0v) is 32.2. The molecule has 0 radical (unpaired) electrons. The van der Waals surface area contributed by atoms with E-state index in [9.17, 15) is 29.2 Å². The Bertz CT molecular complexity index is 2270. The van der Waals surface area contributed by atoms with Crippen LogP contribution in [0.15, 0.2) is 72.9 Å². The summed E-state index contributed by atoms with van der Waals surface area (Å²) >= 11 is 0. The highest BCUT2D eigenvalue weighted by atomic mass is 16.5.